The second-order valence-corrected chi connectivity index (χ2v) is 4.68. The molecule has 1 saturated heterocycles. The van der Waals surface area contributed by atoms with Crippen molar-refractivity contribution in [3.63, 3.8) is 0 Å². The van der Waals surface area contributed by atoms with Gasteiger partial charge in [-0.15, -0.1) is 0 Å². The van der Waals surface area contributed by atoms with Crippen LogP contribution in [0.4, 0.5) is 0 Å². The molecule has 0 bridgehead atoms. The Balaban J connectivity index is 1.91. The van der Waals surface area contributed by atoms with Gasteiger partial charge in [0.2, 0.25) is 0 Å². The largest absolute Gasteiger partial charge is 0.299 e. The van der Waals surface area contributed by atoms with E-state index in [1.54, 1.807) is 0 Å². The van der Waals surface area contributed by atoms with Crippen molar-refractivity contribution in [2.45, 2.75) is 19.8 Å². The summed E-state index contributed by atoms with van der Waals surface area (Å²) in [6.07, 6.45) is 4.61. The number of aliphatic imine (C=N–C) groups is 1. The average molecular weight is 213 g/mol. The zero-order valence-corrected chi connectivity index (χ0v) is 9.43. The fourth-order valence-electron chi connectivity index (χ4n) is 2.13. The van der Waals surface area contributed by atoms with Crippen LogP contribution in [0.5, 0.6) is 0 Å². The van der Waals surface area contributed by atoms with Gasteiger partial charge in [0.1, 0.15) is 5.17 Å². The number of halogens is 1. The van der Waals surface area contributed by atoms with Crippen molar-refractivity contribution in [1.82, 2.24) is 4.90 Å². The molecule has 0 aromatic rings. The Morgan fingerprint density at radius 1 is 1.64 bits per heavy atom. The van der Waals surface area contributed by atoms with E-state index in [1.807, 2.05) is 0 Å². The third kappa shape index (κ3) is 2.37. The van der Waals surface area contributed by atoms with Crippen molar-refractivity contribution < 1.29 is 0 Å². The Labute approximate surface area is 90.6 Å². The lowest BCUT2D eigenvalue weighted by Gasteiger charge is -2.18. The van der Waals surface area contributed by atoms with E-state index in [9.17, 15) is 0 Å². The molecular formula is C11H17ClN2. The summed E-state index contributed by atoms with van der Waals surface area (Å²) in [6, 6.07) is 0. The fourth-order valence-corrected chi connectivity index (χ4v) is 2.35. The van der Waals surface area contributed by atoms with Gasteiger partial charge in [-0.25, -0.2) is 0 Å². The van der Waals surface area contributed by atoms with Crippen molar-refractivity contribution in [2.24, 2.45) is 10.9 Å². The van der Waals surface area contributed by atoms with Crippen LogP contribution in [0, 0.1) is 5.92 Å². The van der Waals surface area contributed by atoms with Gasteiger partial charge in [0.05, 0.1) is 0 Å². The maximum atomic E-state index is 6.05. The highest BCUT2D eigenvalue weighted by Gasteiger charge is 2.20. The van der Waals surface area contributed by atoms with Crippen molar-refractivity contribution in [2.75, 3.05) is 26.2 Å². The Morgan fingerprint density at radius 3 is 3.14 bits per heavy atom. The summed E-state index contributed by atoms with van der Waals surface area (Å²) in [5, 5.41) is 0.732. The summed E-state index contributed by atoms with van der Waals surface area (Å²) in [7, 11) is 0. The van der Waals surface area contributed by atoms with Gasteiger partial charge in [0.25, 0.3) is 0 Å². The van der Waals surface area contributed by atoms with Gasteiger partial charge in [-0.05, 0) is 30.9 Å². The van der Waals surface area contributed by atoms with E-state index in [0.717, 1.165) is 30.6 Å². The molecule has 78 valence electrons. The molecule has 1 fully saturated rings. The molecule has 3 heteroatoms. The first kappa shape index (κ1) is 10.2. The van der Waals surface area contributed by atoms with Crippen LogP contribution >= 0.6 is 11.6 Å². The predicted octanol–water partition coefficient (Wildman–Crippen LogP) is 2.30. The number of nitrogens with zero attached hydrogens (tertiary/aromatic N) is 2. The zero-order chi connectivity index (χ0) is 9.97. The van der Waals surface area contributed by atoms with Crippen LogP contribution in [-0.2, 0) is 0 Å². The van der Waals surface area contributed by atoms with E-state index in [0.29, 0.717) is 0 Å². The van der Waals surface area contributed by atoms with Crippen molar-refractivity contribution in [1.29, 1.82) is 0 Å². The third-order valence-electron chi connectivity index (χ3n) is 2.94. The van der Waals surface area contributed by atoms with Gasteiger partial charge in [-0.2, -0.15) is 0 Å². The Kier molecular flexibility index (Phi) is 3.24. The lowest BCUT2D eigenvalue weighted by molar-refractivity contribution is 0.359. The summed E-state index contributed by atoms with van der Waals surface area (Å²) < 4.78 is 0. The summed E-state index contributed by atoms with van der Waals surface area (Å²) in [5.74, 6) is 0.843. The smallest absolute Gasteiger partial charge is 0.127 e. The molecule has 2 aliphatic rings. The Hall–Kier alpha value is -0.340. The highest BCUT2D eigenvalue weighted by atomic mass is 35.5. The fraction of sp³-hybridized carbons (Fsp3) is 0.727. The quantitative estimate of drug-likeness (QED) is 0.686. The van der Waals surface area contributed by atoms with Crippen LogP contribution in [0.15, 0.2) is 16.6 Å². The van der Waals surface area contributed by atoms with Crippen LogP contribution < -0.4 is 0 Å². The molecule has 14 heavy (non-hydrogen) atoms. The van der Waals surface area contributed by atoms with Crippen LogP contribution in [-0.4, -0.2) is 36.2 Å². The average Bonchev–Trinajstić information content (AvgIpc) is 2.56. The first-order valence-electron chi connectivity index (χ1n) is 5.37. The van der Waals surface area contributed by atoms with E-state index in [4.69, 9.17) is 11.6 Å². The second-order valence-electron chi connectivity index (χ2n) is 4.32. The number of hydrogen-bond donors (Lipinski definition) is 0. The first-order chi connectivity index (χ1) is 6.75. The van der Waals surface area contributed by atoms with Gasteiger partial charge < -0.3 is 0 Å². The highest BCUT2D eigenvalue weighted by Crippen LogP contribution is 2.19. The highest BCUT2D eigenvalue weighted by molar-refractivity contribution is 6.69. The molecule has 0 amide bonds. The van der Waals surface area contributed by atoms with Crippen LogP contribution in [0.1, 0.15) is 19.8 Å². The molecule has 0 N–H and O–H groups in total. The lowest BCUT2D eigenvalue weighted by atomic mass is 10.1. The summed E-state index contributed by atoms with van der Waals surface area (Å²) in [6.45, 7) is 6.58. The number of hydrogen-bond acceptors (Lipinski definition) is 2. The predicted molar refractivity (Wildman–Crippen MR) is 61.1 cm³/mol. The first-order valence-corrected chi connectivity index (χ1v) is 5.75. The minimum atomic E-state index is 0.732. The third-order valence-corrected chi connectivity index (χ3v) is 3.30. The monoisotopic (exact) mass is 212 g/mol. The lowest BCUT2D eigenvalue weighted by Crippen LogP contribution is -2.25. The SMILES string of the molecule is CC1CCN(CC2=CCCN=C2Cl)C1. The Morgan fingerprint density at radius 2 is 2.50 bits per heavy atom. The molecule has 0 spiro atoms. The zero-order valence-electron chi connectivity index (χ0n) is 8.67. The van der Waals surface area contributed by atoms with Gasteiger partial charge in [0.15, 0.2) is 0 Å². The maximum absolute atomic E-state index is 6.05. The number of dihydropyridines is 1. The molecule has 2 nitrogen and oxygen atoms in total. The van der Waals surface area contributed by atoms with Gasteiger partial charge >= 0.3 is 0 Å². The number of rotatable bonds is 2. The van der Waals surface area contributed by atoms with E-state index in [-0.39, 0.29) is 0 Å². The van der Waals surface area contributed by atoms with Crippen molar-refractivity contribution in [3.8, 4) is 0 Å². The van der Waals surface area contributed by atoms with Gasteiger partial charge in [-0.3, -0.25) is 9.89 Å². The van der Waals surface area contributed by atoms with Crippen molar-refractivity contribution in [3.05, 3.63) is 11.6 Å². The van der Waals surface area contributed by atoms with E-state index in [1.165, 1.54) is 25.1 Å². The molecule has 2 heterocycles. The molecular weight excluding hydrogens is 196 g/mol. The topological polar surface area (TPSA) is 15.6 Å². The van der Waals surface area contributed by atoms with Crippen molar-refractivity contribution >= 4 is 16.8 Å². The summed E-state index contributed by atoms with van der Waals surface area (Å²) >= 11 is 6.05. The normalized spacial score (nSPS) is 28.9. The molecule has 1 atom stereocenters. The van der Waals surface area contributed by atoms with Gasteiger partial charge in [-0.1, -0.05) is 24.6 Å². The molecule has 1 unspecified atom stereocenters. The molecule has 0 aliphatic carbocycles. The molecule has 2 aliphatic heterocycles. The Bertz CT molecular complexity index is 270. The minimum absolute atomic E-state index is 0.732. The molecule has 2 rings (SSSR count). The van der Waals surface area contributed by atoms with E-state index < -0.39 is 0 Å². The molecule has 0 saturated carbocycles. The van der Waals surface area contributed by atoms with Crippen LogP contribution in [0.3, 0.4) is 0 Å². The number of likely N-dealkylation sites (tertiary alicyclic amines) is 1. The maximum Gasteiger partial charge on any atom is 0.127 e. The second kappa shape index (κ2) is 4.45. The molecule has 0 aromatic carbocycles. The van der Waals surface area contributed by atoms with E-state index >= 15 is 0 Å². The molecule has 0 aromatic heterocycles. The van der Waals surface area contributed by atoms with Gasteiger partial charge in [0, 0.05) is 19.6 Å². The molecule has 0 radical (unpaired) electrons. The summed E-state index contributed by atoms with van der Waals surface area (Å²) in [5.41, 5.74) is 1.23. The van der Waals surface area contributed by atoms with E-state index in [2.05, 4.69) is 22.9 Å². The minimum Gasteiger partial charge on any atom is -0.299 e. The standard InChI is InChI=1S/C11H17ClN2/c1-9-4-6-14(7-9)8-10-3-2-5-13-11(10)12/h3,9H,2,4-8H2,1H3. The summed E-state index contributed by atoms with van der Waals surface area (Å²) in [4.78, 5) is 6.73. The van der Waals surface area contributed by atoms with Crippen LogP contribution in [0.2, 0.25) is 0 Å². The van der Waals surface area contributed by atoms with Crippen LogP contribution in [0.25, 0.3) is 0 Å².